The molecule has 0 N–H and O–H groups in total. The molecule has 0 bridgehead atoms. The van der Waals surface area contributed by atoms with Crippen LogP contribution in [0, 0.1) is 20.8 Å². The molecule has 0 atom stereocenters. The second-order valence-electron chi connectivity index (χ2n) is 7.78. The number of hydrogen-bond donors (Lipinski definition) is 0. The maximum atomic E-state index is 13.6. The van der Waals surface area contributed by atoms with Gasteiger partial charge in [0.25, 0.3) is 11.8 Å². The summed E-state index contributed by atoms with van der Waals surface area (Å²) in [6.45, 7) is 5.93. The highest BCUT2D eigenvalue weighted by Gasteiger charge is 2.42. The van der Waals surface area contributed by atoms with E-state index in [0.717, 1.165) is 27.9 Å². The molecule has 0 spiro atoms. The van der Waals surface area contributed by atoms with Crippen molar-refractivity contribution in [1.29, 1.82) is 0 Å². The summed E-state index contributed by atoms with van der Waals surface area (Å²) < 4.78 is 0. The van der Waals surface area contributed by atoms with Gasteiger partial charge in [-0.3, -0.25) is 9.59 Å². The Morgan fingerprint density at radius 3 is 1.90 bits per heavy atom. The molecule has 0 fully saturated rings. The Morgan fingerprint density at radius 1 is 0.700 bits per heavy atom. The first kappa shape index (κ1) is 19.6. The lowest BCUT2D eigenvalue weighted by Gasteiger charge is -2.22. The molecule has 0 radical (unpaired) electrons. The lowest BCUT2D eigenvalue weighted by Crippen LogP contribution is -2.34. The average molecular weight is 396 g/mol. The highest BCUT2D eigenvalue weighted by atomic mass is 16.2. The van der Waals surface area contributed by atoms with E-state index in [0.29, 0.717) is 17.0 Å². The van der Waals surface area contributed by atoms with Gasteiger partial charge in [0.1, 0.15) is 5.70 Å². The summed E-state index contributed by atoms with van der Waals surface area (Å²) in [4.78, 5) is 30.3. The van der Waals surface area contributed by atoms with Crippen LogP contribution in [0.15, 0.2) is 78.5 Å². The van der Waals surface area contributed by atoms with E-state index in [2.05, 4.69) is 0 Å². The number of carbonyl (C=O) groups is 2. The maximum absolute atomic E-state index is 13.6. The normalized spacial score (nSPS) is 13.9. The fourth-order valence-electron chi connectivity index (χ4n) is 3.90. The Bertz CT molecular complexity index is 1140. The lowest BCUT2D eigenvalue weighted by molar-refractivity contribution is -0.120. The van der Waals surface area contributed by atoms with Gasteiger partial charge in [-0.25, -0.2) is 4.90 Å². The molecule has 3 aromatic rings. The van der Waals surface area contributed by atoms with Crippen LogP contribution in [-0.4, -0.2) is 18.9 Å². The first-order valence-corrected chi connectivity index (χ1v) is 9.94. The van der Waals surface area contributed by atoms with Crippen LogP contribution in [0.2, 0.25) is 0 Å². The second kappa shape index (κ2) is 7.64. The summed E-state index contributed by atoms with van der Waals surface area (Å²) in [6.07, 6.45) is 0. The summed E-state index contributed by atoms with van der Waals surface area (Å²) in [5.41, 5.74) is 6.10. The van der Waals surface area contributed by atoms with Crippen molar-refractivity contribution in [3.8, 4) is 0 Å². The number of likely N-dealkylation sites (N-methyl/N-ethyl adjacent to an activating group) is 1. The van der Waals surface area contributed by atoms with Gasteiger partial charge in [0, 0.05) is 12.7 Å². The van der Waals surface area contributed by atoms with Gasteiger partial charge in [0.15, 0.2) is 0 Å². The van der Waals surface area contributed by atoms with E-state index in [-0.39, 0.29) is 11.8 Å². The molecule has 4 rings (SSSR count). The van der Waals surface area contributed by atoms with Crippen LogP contribution in [0.4, 0.5) is 11.4 Å². The lowest BCUT2D eigenvalue weighted by atomic mass is 10.0. The highest BCUT2D eigenvalue weighted by molar-refractivity contribution is 6.46. The topological polar surface area (TPSA) is 40.6 Å². The number of amides is 2. The van der Waals surface area contributed by atoms with Gasteiger partial charge < -0.3 is 4.90 Å². The Kier molecular flexibility index (Phi) is 5.00. The molecule has 1 aliphatic heterocycles. The van der Waals surface area contributed by atoms with Crippen molar-refractivity contribution in [3.05, 3.63) is 101 Å². The van der Waals surface area contributed by atoms with Crippen molar-refractivity contribution in [2.75, 3.05) is 16.8 Å². The van der Waals surface area contributed by atoms with Crippen molar-refractivity contribution in [3.63, 3.8) is 0 Å². The van der Waals surface area contributed by atoms with Gasteiger partial charge in [0.2, 0.25) is 0 Å². The van der Waals surface area contributed by atoms with E-state index in [9.17, 15) is 9.59 Å². The van der Waals surface area contributed by atoms with E-state index in [1.165, 1.54) is 4.90 Å². The zero-order chi connectivity index (χ0) is 21.4. The van der Waals surface area contributed by atoms with Crippen LogP contribution < -0.4 is 9.80 Å². The van der Waals surface area contributed by atoms with Gasteiger partial charge in [-0.05, 0) is 61.7 Å². The fourth-order valence-corrected chi connectivity index (χ4v) is 3.90. The summed E-state index contributed by atoms with van der Waals surface area (Å²) in [6, 6.07) is 23.1. The van der Waals surface area contributed by atoms with Gasteiger partial charge in [-0.1, -0.05) is 54.1 Å². The van der Waals surface area contributed by atoms with Crippen LogP contribution in [0.1, 0.15) is 22.3 Å². The largest absolute Gasteiger partial charge is 0.339 e. The molecule has 1 aliphatic rings. The van der Waals surface area contributed by atoms with E-state index < -0.39 is 0 Å². The minimum absolute atomic E-state index is 0.299. The average Bonchev–Trinajstić information content (AvgIpc) is 2.98. The number of hydrogen-bond acceptors (Lipinski definition) is 3. The van der Waals surface area contributed by atoms with E-state index in [4.69, 9.17) is 0 Å². The Balaban J connectivity index is 1.89. The zero-order valence-electron chi connectivity index (χ0n) is 17.6. The number of aryl methyl sites for hydroxylation is 3. The number of anilines is 2. The SMILES string of the molecule is Cc1ccc(C2=C(N(C)c3ccccc3)C(=O)N(c3cc(C)cc(C)c3)C2=O)cc1. The van der Waals surface area contributed by atoms with E-state index >= 15 is 0 Å². The Morgan fingerprint density at radius 2 is 1.30 bits per heavy atom. The van der Waals surface area contributed by atoms with Gasteiger partial charge >= 0.3 is 0 Å². The molecule has 0 aliphatic carbocycles. The first-order valence-electron chi connectivity index (χ1n) is 9.94. The van der Waals surface area contributed by atoms with Crippen molar-refractivity contribution in [2.45, 2.75) is 20.8 Å². The minimum atomic E-state index is -0.313. The monoisotopic (exact) mass is 396 g/mol. The molecule has 0 aromatic heterocycles. The molecular formula is C26H24N2O2. The van der Waals surface area contributed by atoms with E-state index in [1.807, 2.05) is 101 Å². The summed E-state index contributed by atoms with van der Waals surface area (Å²) in [5, 5.41) is 0. The molecule has 4 nitrogen and oxygen atoms in total. The predicted molar refractivity (Wildman–Crippen MR) is 121 cm³/mol. The molecule has 0 saturated carbocycles. The molecule has 1 heterocycles. The number of nitrogens with zero attached hydrogens (tertiary/aromatic N) is 2. The van der Waals surface area contributed by atoms with Gasteiger partial charge in [0.05, 0.1) is 11.3 Å². The fraction of sp³-hybridized carbons (Fsp3) is 0.154. The second-order valence-corrected chi connectivity index (χ2v) is 7.78. The Labute approximate surface area is 177 Å². The molecule has 4 heteroatoms. The Hall–Kier alpha value is -3.66. The van der Waals surface area contributed by atoms with E-state index in [1.54, 1.807) is 4.90 Å². The third-order valence-electron chi connectivity index (χ3n) is 5.34. The third-order valence-corrected chi connectivity index (χ3v) is 5.34. The molecule has 0 saturated heterocycles. The summed E-state index contributed by atoms with van der Waals surface area (Å²) >= 11 is 0. The minimum Gasteiger partial charge on any atom is -0.339 e. The van der Waals surface area contributed by atoms with Crippen LogP contribution in [0.3, 0.4) is 0 Å². The maximum Gasteiger partial charge on any atom is 0.282 e. The van der Waals surface area contributed by atoms with Crippen LogP contribution in [0.5, 0.6) is 0 Å². The van der Waals surface area contributed by atoms with Crippen molar-refractivity contribution in [1.82, 2.24) is 0 Å². The van der Waals surface area contributed by atoms with Gasteiger partial charge in [-0.15, -0.1) is 0 Å². The standard InChI is InChI=1S/C26H24N2O2/c1-17-10-12-20(13-11-17)23-24(27(4)21-8-6-5-7-9-21)26(30)28(25(23)29)22-15-18(2)14-19(3)16-22/h5-16H,1-4H3. The van der Waals surface area contributed by atoms with Crippen LogP contribution in [-0.2, 0) is 9.59 Å². The molecule has 2 amide bonds. The number of para-hydroxylation sites is 1. The van der Waals surface area contributed by atoms with Crippen molar-refractivity contribution in [2.24, 2.45) is 0 Å². The van der Waals surface area contributed by atoms with Crippen LogP contribution in [0.25, 0.3) is 5.57 Å². The molecular weight excluding hydrogens is 372 g/mol. The number of carbonyl (C=O) groups excluding carboxylic acids is 2. The molecule has 150 valence electrons. The number of rotatable bonds is 4. The summed E-state index contributed by atoms with van der Waals surface area (Å²) in [7, 11) is 1.83. The predicted octanol–water partition coefficient (Wildman–Crippen LogP) is 5.03. The van der Waals surface area contributed by atoms with Gasteiger partial charge in [-0.2, -0.15) is 0 Å². The third kappa shape index (κ3) is 3.41. The zero-order valence-corrected chi connectivity index (χ0v) is 17.6. The molecule has 3 aromatic carbocycles. The molecule has 30 heavy (non-hydrogen) atoms. The number of imide groups is 1. The van der Waals surface area contributed by atoms with Crippen molar-refractivity contribution < 1.29 is 9.59 Å². The smallest absolute Gasteiger partial charge is 0.282 e. The molecule has 0 unspecified atom stereocenters. The van der Waals surface area contributed by atoms with Crippen molar-refractivity contribution >= 4 is 28.8 Å². The summed E-state index contributed by atoms with van der Waals surface area (Å²) in [5.74, 6) is -0.612. The first-order chi connectivity index (χ1) is 14.4. The number of benzene rings is 3. The van der Waals surface area contributed by atoms with Crippen LogP contribution >= 0.6 is 0 Å². The highest BCUT2D eigenvalue weighted by Crippen LogP contribution is 2.36. The quantitative estimate of drug-likeness (QED) is 0.581.